The van der Waals surface area contributed by atoms with Crippen LogP contribution < -0.4 is 10.6 Å². The maximum atomic E-state index is 12.9. The number of carbonyl (C=O) groups is 2. The molecule has 0 bridgehead atoms. The first-order valence-corrected chi connectivity index (χ1v) is 12.6. The summed E-state index contributed by atoms with van der Waals surface area (Å²) in [6, 6.07) is 10.8. The standard InChI is InChI=1S/C29H32N6O3/c1-5-7-21-13-14-31-25(18-21)33-29(37)23-11-9-22(10-12-23)28-34-27(24-19-30-15-16-35(24,28)3)20(2)32-26(36)8-6-17-38-4/h6,8-16,18-20H,5,7,17H2,1-4H3,(H-,31,32,33,36,37)/p+1/b8-6+. The molecule has 2 aliphatic rings. The summed E-state index contributed by atoms with van der Waals surface area (Å²) in [4.78, 5) is 38.7. The van der Waals surface area contributed by atoms with Gasteiger partial charge in [-0.1, -0.05) is 19.4 Å². The summed E-state index contributed by atoms with van der Waals surface area (Å²) in [5, 5.41) is 5.84. The van der Waals surface area contributed by atoms with Crippen molar-refractivity contribution in [3.05, 3.63) is 95.2 Å². The van der Waals surface area contributed by atoms with Crippen LogP contribution in [0.15, 0.2) is 88.5 Å². The van der Waals surface area contributed by atoms with E-state index in [-0.39, 0.29) is 17.9 Å². The van der Waals surface area contributed by atoms with Crippen molar-refractivity contribution in [3.63, 3.8) is 0 Å². The number of aryl methyl sites for hydroxylation is 1. The van der Waals surface area contributed by atoms with Crippen LogP contribution in [0.1, 0.15) is 41.8 Å². The van der Waals surface area contributed by atoms with Crippen molar-refractivity contribution in [2.24, 2.45) is 9.98 Å². The lowest BCUT2D eigenvalue weighted by molar-refractivity contribution is -0.713. The normalized spacial score (nSPS) is 18.9. The number of pyridine rings is 1. The molecule has 2 N–H and O–H groups in total. The smallest absolute Gasteiger partial charge is 0.256 e. The van der Waals surface area contributed by atoms with Crippen LogP contribution in [0.25, 0.3) is 0 Å². The van der Waals surface area contributed by atoms with Gasteiger partial charge >= 0.3 is 0 Å². The number of benzene rings is 1. The van der Waals surface area contributed by atoms with Gasteiger partial charge in [-0.3, -0.25) is 14.6 Å². The molecule has 0 saturated carbocycles. The Morgan fingerprint density at radius 3 is 2.71 bits per heavy atom. The largest absolute Gasteiger partial charge is 0.381 e. The van der Waals surface area contributed by atoms with Crippen LogP contribution in [0.4, 0.5) is 5.82 Å². The van der Waals surface area contributed by atoms with Gasteiger partial charge in [0.2, 0.25) is 11.7 Å². The molecule has 4 rings (SSSR count). The van der Waals surface area contributed by atoms with Crippen LogP contribution in [0.2, 0.25) is 0 Å². The molecule has 0 radical (unpaired) electrons. The van der Waals surface area contributed by atoms with E-state index in [9.17, 15) is 9.59 Å². The van der Waals surface area contributed by atoms with Gasteiger partial charge in [0.15, 0.2) is 5.70 Å². The molecule has 2 aromatic rings. The predicted molar refractivity (Wildman–Crippen MR) is 149 cm³/mol. The molecule has 0 aliphatic carbocycles. The Bertz CT molecular complexity index is 1360. The molecule has 2 aliphatic heterocycles. The van der Waals surface area contributed by atoms with Crippen LogP contribution in [0.3, 0.4) is 0 Å². The van der Waals surface area contributed by atoms with Crippen molar-refractivity contribution in [2.45, 2.75) is 32.7 Å². The van der Waals surface area contributed by atoms with E-state index >= 15 is 0 Å². The Balaban J connectivity index is 1.53. The summed E-state index contributed by atoms with van der Waals surface area (Å²) in [5.74, 6) is 0.851. The lowest BCUT2D eigenvalue weighted by Crippen LogP contribution is -2.43. The van der Waals surface area contributed by atoms with Gasteiger partial charge in [0.1, 0.15) is 17.7 Å². The van der Waals surface area contributed by atoms with Crippen molar-refractivity contribution in [3.8, 4) is 0 Å². The Hall–Kier alpha value is -4.21. The first-order chi connectivity index (χ1) is 18.4. The Kier molecular flexibility index (Phi) is 8.40. The molecule has 1 aromatic carbocycles. The number of methoxy groups -OCH3 is 1. The molecule has 38 heavy (non-hydrogen) atoms. The predicted octanol–water partition coefficient (Wildman–Crippen LogP) is 3.97. The highest BCUT2D eigenvalue weighted by Crippen LogP contribution is 2.34. The van der Waals surface area contributed by atoms with Gasteiger partial charge in [-0.15, -0.1) is 0 Å². The van der Waals surface area contributed by atoms with E-state index in [2.05, 4.69) is 27.5 Å². The summed E-state index contributed by atoms with van der Waals surface area (Å²) < 4.78 is 5.26. The van der Waals surface area contributed by atoms with Crippen molar-refractivity contribution < 1.29 is 18.8 Å². The number of ether oxygens (including phenoxy) is 1. The highest BCUT2D eigenvalue weighted by Gasteiger charge is 2.43. The van der Waals surface area contributed by atoms with Gasteiger partial charge in [-0.05, 0) is 55.3 Å². The molecule has 2 amide bonds. The van der Waals surface area contributed by atoms with Crippen molar-refractivity contribution in [2.75, 3.05) is 26.1 Å². The Morgan fingerprint density at radius 1 is 1.18 bits per heavy atom. The molecule has 196 valence electrons. The zero-order valence-corrected chi connectivity index (χ0v) is 22.1. The molecule has 0 fully saturated rings. The number of amides is 2. The van der Waals surface area contributed by atoms with E-state index in [4.69, 9.17) is 9.73 Å². The summed E-state index contributed by atoms with van der Waals surface area (Å²) in [6.07, 6.45) is 12.2. The second-order valence-corrected chi connectivity index (χ2v) is 9.28. The zero-order valence-electron chi connectivity index (χ0n) is 22.1. The number of quaternary nitrogens is 1. The number of amidine groups is 1. The average Bonchev–Trinajstić information content (AvgIpc) is 3.22. The molecule has 2 unspecified atom stereocenters. The first kappa shape index (κ1) is 26.8. The third kappa shape index (κ3) is 5.85. The van der Waals surface area contributed by atoms with Crippen molar-refractivity contribution in [1.82, 2.24) is 10.3 Å². The highest BCUT2D eigenvalue weighted by molar-refractivity contribution is 6.05. The maximum absolute atomic E-state index is 12.9. The first-order valence-electron chi connectivity index (χ1n) is 12.6. The molecular weight excluding hydrogens is 480 g/mol. The highest BCUT2D eigenvalue weighted by atomic mass is 16.5. The third-order valence-corrected chi connectivity index (χ3v) is 6.39. The lowest BCUT2D eigenvalue weighted by atomic mass is 10.1. The molecule has 2 atom stereocenters. The number of nitrogens with one attached hydrogen (secondary N) is 2. The number of aromatic nitrogens is 1. The second kappa shape index (κ2) is 11.9. The number of rotatable bonds is 10. The molecular formula is C29H33N6O3+. The SMILES string of the molecule is CCCc1ccnc(NC(=O)c2ccc(C3=NC(C(C)NC(=O)/C=C/COC)=C4C=NC=C[N+]34C)cc2)c1. The number of hydrogen-bond acceptors (Lipinski definition) is 6. The molecule has 0 saturated heterocycles. The average molecular weight is 514 g/mol. The number of carbonyl (C=O) groups excluding carboxylic acids is 2. The summed E-state index contributed by atoms with van der Waals surface area (Å²) in [7, 11) is 3.59. The van der Waals surface area contributed by atoms with Crippen LogP contribution in [0.5, 0.6) is 0 Å². The van der Waals surface area contributed by atoms with Crippen LogP contribution >= 0.6 is 0 Å². The number of aliphatic imine (C=N–C) groups is 2. The molecule has 9 heteroatoms. The minimum Gasteiger partial charge on any atom is -0.381 e. The quantitative estimate of drug-likeness (QED) is 0.371. The number of allylic oxidation sites excluding steroid dienone is 1. The van der Waals surface area contributed by atoms with Gasteiger partial charge in [0.25, 0.3) is 5.91 Å². The third-order valence-electron chi connectivity index (χ3n) is 6.39. The number of hydrogen-bond donors (Lipinski definition) is 2. The lowest BCUT2D eigenvalue weighted by Gasteiger charge is -2.28. The van der Waals surface area contributed by atoms with E-state index < -0.39 is 0 Å². The minimum absolute atomic E-state index is 0.228. The molecule has 3 heterocycles. The number of anilines is 1. The van der Waals surface area contributed by atoms with E-state index in [1.165, 1.54) is 6.08 Å². The van der Waals surface area contributed by atoms with Crippen molar-refractivity contribution >= 4 is 29.7 Å². The monoisotopic (exact) mass is 513 g/mol. The number of nitrogens with zero attached hydrogens (tertiary/aromatic N) is 4. The van der Waals surface area contributed by atoms with Gasteiger partial charge < -0.3 is 15.4 Å². The summed E-state index contributed by atoms with van der Waals surface area (Å²) in [6.45, 7) is 4.37. The second-order valence-electron chi connectivity index (χ2n) is 9.28. The maximum Gasteiger partial charge on any atom is 0.256 e. The Labute approximate surface area is 222 Å². The van der Waals surface area contributed by atoms with E-state index in [0.717, 1.165) is 41.2 Å². The minimum atomic E-state index is -0.349. The number of fused-ring (bicyclic) bond motifs is 1. The summed E-state index contributed by atoms with van der Waals surface area (Å²) >= 11 is 0. The fraction of sp³-hybridized carbons (Fsp3) is 0.276. The fourth-order valence-electron chi connectivity index (χ4n) is 4.43. The molecule has 0 spiro atoms. The molecule has 1 aromatic heterocycles. The van der Waals surface area contributed by atoms with E-state index in [0.29, 0.717) is 22.5 Å². The van der Waals surface area contributed by atoms with E-state index in [1.54, 1.807) is 43.9 Å². The summed E-state index contributed by atoms with van der Waals surface area (Å²) in [5.41, 5.74) is 4.11. The van der Waals surface area contributed by atoms with Crippen LogP contribution in [-0.2, 0) is 16.0 Å². The fourth-order valence-corrected chi connectivity index (χ4v) is 4.43. The van der Waals surface area contributed by atoms with Crippen molar-refractivity contribution in [1.29, 1.82) is 0 Å². The topological polar surface area (TPSA) is 105 Å². The van der Waals surface area contributed by atoms with Gasteiger partial charge in [0.05, 0.1) is 37.7 Å². The van der Waals surface area contributed by atoms with Gasteiger partial charge in [-0.25, -0.2) is 9.47 Å². The zero-order chi connectivity index (χ0) is 27.1. The molecule has 9 nitrogen and oxygen atoms in total. The van der Waals surface area contributed by atoms with E-state index in [1.807, 2.05) is 44.4 Å². The van der Waals surface area contributed by atoms with Crippen LogP contribution in [-0.4, -0.2) is 60.1 Å². The van der Waals surface area contributed by atoms with Gasteiger partial charge in [0, 0.05) is 24.9 Å². The Morgan fingerprint density at radius 2 is 1.97 bits per heavy atom. The van der Waals surface area contributed by atoms with Crippen LogP contribution in [0, 0.1) is 0 Å². The van der Waals surface area contributed by atoms with Gasteiger partial charge in [-0.2, -0.15) is 4.99 Å².